The molecule has 1 N–H and O–H groups in total. The van der Waals surface area contributed by atoms with E-state index in [1.165, 1.54) is 11.1 Å². The number of nitrogens with zero attached hydrogens (tertiary/aromatic N) is 4. The first-order valence-corrected chi connectivity index (χ1v) is 7.89. The van der Waals surface area contributed by atoms with Crippen molar-refractivity contribution < 1.29 is 0 Å². The van der Waals surface area contributed by atoms with Crippen molar-refractivity contribution in [2.45, 2.75) is 25.8 Å². The van der Waals surface area contributed by atoms with Crippen molar-refractivity contribution in [1.29, 1.82) is 0 Å². The maximum Gasteiger partial charge on any atom is 0.223 e. The zero-order chi connectivity index (χ0) is 15.8. The van der Waals surface area contributed by atoms with Crippen LogP contribution in [0.1, 0.15) is 29.2 Å². The first kappa shape index (κ1) is 13.9. The molecule has 0 saturated heterocycles. The zero-order valence-corrected chi connectivity index (χ0v) is 13.3. The van der Waals surface area contributed by atoms with Crippen molar-refractivity contribution in [3.8, 4) is 11.4 Å². The van der Waals surface area contributed by atoms with Gasteiger partial charge in [0.05, 0.1) is 17.4 Å². The first-order chi connectivity index (χ1) is 11.2. The third kappa shape index (κ3) is 2.48. The Labute approximate surface area is 135 Å². The van der Waals surface area contributed by atoms with E-state index >= 15 is 0 Å². The molecule has 5 nitrogen and oxygen atoms in total. The molecule has 4 rings (SSSR count). The van der Waals surface area contributed by atoms with E-state index in [9.17, 15) is 0 Å². The van der Waals surface area contributed by atoms with Crippen LogP contribution in [-0.4, -0.2) is 19.7 Å². The molecule has 5 heteroatoms. The third-order valence-electron chi connectivity index (χ3n) is 4.47. The maximum atomic E-state index is 4.73. The minimum atomic E-state index is 0.285. The number of fused-ring (bicyclic) bond motifs is 1. The fraction of sp³-hybridized carbons (Fsp3) is 0.278. The summed E-state index contributed by atoms with van der Waals surface area (Å²) in [6, 6.07) is 10.8. The summed E-state index contributed by atoms with van der Waals surface area (Å²) in [5, 5.41) is 7.73. The number of rotatable bonds is 3. The number of nitrogens with one attached hydrogen (secondary N) is 1. The normalized spacial score (nSPS) is 16.3. The highest BCUT2D eigenvalue weighted by Crippen LogP contribution is 2.33. The van der Waals surface area contributed by atoms with Crippen LogP contribution in [0.25, 0.3) is 11.4 Å². The molecule has 2 aromatic heterocycles. The van der Waals surface area contributed by atoms with Gasteiger partial charge in [0.1, 0.15) is 0 Å². The minimum Gasteiger partial charge on any atom is -0.347 e. The lowest BCUT2D eigenvalue weighted by atomic mass is 10.1. The Hall–Kier alpha value is -2.69. The van der Waals surface area contributed by atoms with Gasteiger partial charge in [-0.3, -0.25) is 4.68 Å². The monoisotopic (exact) mass is 305 g/mol. The molecule has 0 unspecified atom stereocenters. The van der Waals surface area contributed by atoms with Gasteiger partial charge in [0.2, 0.25) is 5.95 Å². The van der Waals surface area contributed by atoms with Gasteiger partial charge < -0.3 is 5.32 Å². The van der Waals surface area contributed by atoms with Crippen LogP contribution in [0, 0.1) is 6.92 Å². The van der Waals surface area contributed by atoms with Gasteiger partial charge >= 0.3 is 0 Å². The largest absolute Gasteiger partial charge is 0.347 e. The second kappa shape index (κ2) is 5.50. The summed E-state index contributed by atoms with van der Waals surface area (Å²) in [5.74, 6) is 0.675. The van der Waals surface area contributed by atoms with Gasteiger partial charge in [0.15, 0.2) is 0 Å². The molecule has 2 heterocycles. The van der Waals surface area contributed by atoms with E-state index in [1.54, 1.807) is 6.20 Å². The van der Waals surface area contributed by atoms with Crippen LogP contribution in [0.5, 0.6) is 0 Å². The molecule has 1 aliphatic carbocycles. The average molecular weight is 305 g/mol. The number of aromatic nitrogens is 4. The quantitative estimate of drug-likeness (QED) is 0.807. The Morgan fingerprint density at radius 2 is 2.09 bits per heavy atom. The molecule has 0 amide bonds. The number of anilines is 1. The molecule has 0 fully saturated rings. The van der Waals surface area contributed by atoms with Crippen molar-refractivity contribution in [2.75, 3.05) is 5.32 Å². The second-order valence-electron chi connectivity index (χ2n) is 6.00. The molecule has 116 valence electrons. The van der Waals surface area contributed by atoms with E-state index in [4.69, 9.17) is 4.98 Å². The van der Waals surface area contributed by atoms with Crippen molar-refractivity contribution in [2.24, 2.45) is 7.05 Å². The van der Waals surface area contributed by atoms with Crippen LogP contribution < -0.4 is 5.32 Å². The Morgan fingerprint density at radius 3 is 2.91 bits per heavy atom. The predicted octanol–water partition coefficient (Wildman–Crippen LogP) is 3.28. The van der Waals surface area contributed by atoms with E-state index in [0.29, 0.717) is 5.95 Å². The lowest BCUT2D eigenvalue weighted by molar-refractivity contribution is 0.748. The lowest BCUT2D eigenvalue weighted by Gasteiger charge is -2.15. The highest BCUT2D eigenvalue weighted by Gasteiger charge is 2.22. The summed E-state index contributed by atoms with van der Waals surface area (Å²) < 4.78 is 1.84. The Kier molecular flexibility index (Phi) is 3.33. The van der Waals surface area contributed by atoms with Crippen molar-refractivity contribution in [1.82, 2.24) is 19.7 Å². The van der Waals surface area contributed by atoms with Crippen molar-refractivity contribution in [3.05, 3.63) is 59.4 Å². The third-order valence-corrected chi connectivity index (χ3v) is 4.47. The molecular formula is C18H19N5. The second-order valence-corrected chi connectivity index (χ2v) is 6.00. The smallest absolute Gasteiger partial charge is 0.223 e. The van der Waals surface area contributed by atoms with E-state index in [-0.39, 0.29) is 6.04 Å². The summed E-state index contributed by atoms with van der Waals surface area (Å²) in [6.07, 6.45) is 5.85. The summed E-state index contributed by atoms with van der Waals surface area (Å²) >= 11 is 0. The summed E-state index contributed by atoms with van der Waals surface area (Å²) in [6.45, 7) is 2.02. The minimum absolute atomic E-state index is 0.285. The van der Waals surface area contributed by atoms with E-state index in [1.807, 2.05) is 30.9 Å². The highest BCUT2D eigenvalue weighted by atomic mass is 15.3. The SMILES string of the molecule is Cc1cnc(N[C@@H]2CCc3ccccc32)nc1-c1ccnn1C. The van der Waals surface area contributed by atoms with E-state index in [0.717, 1.165) is 29.8 Å². The number of hydrogen-bond acceptors (Lipinski definition) is 4. The van der Waals surface area contributed by atoms with Gasteiger partial charge in [-0.25, -0.2) is 9.97 Å². The van der Waals surface area contributed by atoms with Crippen molar-refractivity contribution >= 4 is 5.95 Å². The summed E-state index contributed by atoms with van der Waals surface area (Å²) in [5.41, 5.74) is 5.75. The van der Waals surface area contributed by atoms with Gasteiger partial charge in [0.25, 0.3) is 0 Å². The molecule has 0 radical (unpaired) electrons. The Bertz CT molecular complexity index is 852. The van der Waals surface area contributed by atoms with Crippen LogP contribution in [0.2, 0.25) is 0 Å². The van der Waals surface area contributed by atoms with Crippen LogP contribution in [0.3, 0.4) is 0 Å². The molecule has 0 spiro atoms. The maximum absolute atomic E-state index is 4.73. The van der Waals surface area contributed by atoms with Crippen LogP contribution in [0.15, 0.2) is 42.7 Å². The van der Waals surface area contributed by atoms with Crippen LogP contribution in [0.4, 0.5) is 5.95 Å². The molecule has 1 aromatic carbocycles. The Morgan fingerprint density at radius 1 is 1.22 bits per heavy atom. The van der Waals surface area contributed by atoms with Gasteiger partial charge in [-0.15, -0.1) is 0 Å². The average Bonchev–Trinajstić information content (AvgIpc) is 3.16. The van der Waals surface area contributed by atoms with Gasteiger partial charge in [0, 0.05) is 19.4 Å². The summed E-state index contributed by atoms with van der Waals surface area (Å²) in [4.78, 5) is 9.19. The lowest BCUT2D eigenvalue weighted by Crippen LogP contribution is -2.11. The molecular weight excluding hydrogens is 286 g/mol. The summed E-state index contributed by atoms with van der Waals surface area (Å²) in [7, 11) is 1.93. The fourth-order valence-corrected chi connectivity index (χ4v) is 3.24. The number of benzene rings is 1. The molecule has 0 bridgehead atoms. The van der Waals surface area contributed by atoms with E-state index in [2.05, 4.69) is 39.7 Å². The fourth-order valence-electron chi connectivity index (χ4n) is 3.24. The number of aryl methyl sites for hydroxylation is 3. The first-order valence-electron chi connectivity index (χ1n) is 7.89. The Balaban J connectivity index is 1.65. The topological polar surface area (TPSA) is 55.6 Å². The predicted molar refractivity (Wildman–Crippen MR) is 90.1 cm³/mol. The van der Waals surface area contributed by atoms with Gasteiger partial charge in [-0.05, 0) is 42.5 Å². The number of hydrogen-bond donors (Lipinski definition) is 1. The molecule has 3 aromatic rings. The van der Waals surface area contributed by atoms with Gasteiger partial charge in [-0.1, -0.05) is 24.3 Å². The molecule has 1 aliphatic rings. The van der Waals surface area contributed by atoms with Crippen LogP contribution in [-0.2, 0) is 13.5 Å². The molecule has 0 saturated carbocycles. The molecule has 0 aliphatic heterocycles. The van der Waals surface area contributed by atoms with E-state index < -0.39 is 0 Å². The molecule has 1 atom stereocenters. The van der Waals surface area contributed by atoms with Crippen LogP contribution >= 0.6 is 0 Å². The molecule has 23 heavy (non-hydrogen) atoms. The van der Waals surface area contributed by atoms with Crippen molar-refractivity contribution in [3.63, 3.8) is 0 Å². The van der Waals surface area contributed by atoms with Gasteiger partial charge in [-0.2, -0.15) is 5.10 Å². The standard InChI is InChI=1S/C18H19N5/c1-12-11-19-18(22-17(12)16-9-10-20-23(16)2)21-15-8-7-13-5-3-4-6-14(13)15/h3-6,9-11,15H,7-8H2,1-2H3,(H,19,21,22)/t15-/m1/s1. The zero-order valence-electron chi connectivity index (χ0n) is 13.3. The highest BCUT2D eigenvalue weighted by molar-refractivity contribution is 5.60.